The first-order valence-corrected chi connectivity index (χ1v) is 7.88. The summed E-state index contributed by atoms with van der Waals surface area (Å²) in [4.78, 5) is 12.4. The second kappa shape index (κ2) is 8.03. The minimum absolute atomic E-state index is 0.0110. The minimum atomic E-state index is 0.0110. The average Bonchev–Trinajstić information content (AvgIpc) is 2.55. The lowest BCUT2D eigenvalue weighted by atomic mass is 9.84. The molecule has 2 atom stereocenters. The zero-order valence-electron chi connectivity index (χ0n) is 13.4. The van der Waals surface area contributed by atoms with Gasteiger partial charge < -0.3 is 20.5 Å². The molecule has 0 aromatic heterocycles. The molecule has 1 aliphatic rings. The third-order valence-corrected chi connectivity index (χ3v) is 4.40. The first-order valence-electron chi connectivity index (χ1n) is 7.88. The minimum Gasteiger partial charge on any atom is -0.497 e. The van der Waals surface area contributed by atoms with Crippen molar-refractivity contribution in [3.63, 3.8) is 0 Å². The van der Waals surface area contributed by atoms with E-state index in [0.29, 0.717) is 18.2 Å². The first-order chi connectivity index (χ1) is 10.7. The van der Waals surface area contributed by atoms with Gasteiger partial charge in [0, 0.05) is 11.6 Å². The van der Waals surface area contributed by atoms with Gasteiger partial charge in [-0.25, -0.2) is 0 Å². The Balaban J connectivity index is 2.02. The fraction of sp³-hybridized carbons (Fsp3) is 0.588. The van der Waals surface area contributed by atoms with Crippen molar-refractivity contribution in [2.24, 2.45) is 11.7 Å². The molecular formula is C17H26N2O3. The van der Waals surface area contributed by atoms with Crippen molar-refractivity contribution in [1.29, 1.82) is 0 Å². The van der Waals surface area contributed by atoms with Crippen LogP contribution in [0, 0.1) is 5.92 Å². The van der Waals surface area contributed by atoms with Crippen molar-refractivity contribution in [3.05, 3.63) is 23.8 Å². The predicted molar refractivity (Wildman–Crippen MR) is 86.2 cm³/mol. The van der Waals surface area contributed by atoms with Gasteiger partial charge in [-0.3, -0.25) is 4.79 Å². The Morgan fingerprint density at radius 2 is 2.05 bits per heavy atom. The summed E-state index contributed by atoms with van der Waals surface area (Å²) in [5.41, 5.74) is 6.65. The van der Waals surface area contributed by atoms with Gasteiger partial charge in [0.2, 0.25) is 5.91 Å². The fourth-order valence-electron chi connectivity index (χ4n) is 3.13. The molecule has 1 amide bonds. The van der Waals surface area contributed by atoms with Gasteiger partial charge in [-0.05, 0) is 43.5 Å². The average molecular weight is 306 g/mol. The molecule has 1 aliphatic carbocycles. The SMILES string of the molecule is COc1ccc(OC)c(CC(=O)NC2CCCCC2CN)c1. The zero-order valence-corrected chi connectivity index (χ0v) is 13.4. The molecule has 3 N–H and O–H groups in total. The van der Waals surface area contributed by atoms with Gasteiger partial charge in [0.1, 0.15) is 11.5 Å². The van der Waals surface area contributed by atoms with Gasteiger partial charge in [-0.1, -0.05) is 12.8 Å². The third-order valence-electron chi connectivity index (χ3n) is 4.40. The number of nitrogens with one attached hydrogen (secondary N) is 1. The van der Waals surface area contributed by atoms with E-state index >= 15 is 0 Å². The van der Waals surface area contributed by atoms with Crippen LogP contribution in [-0.4, -0.2) is 32.7 Å². The van der Waals surface area contributed by atoms with Crippen molar-refractivity contribution < 1.29 is 14.3 Å². The van der Waals surface area contributed by atoms with E-state index in [1.165, 1.54) is 6.42 Å². The second-order valence-corrected chi connectivity index (χ2v) is 5.81. The molecule has 0 spiro atoms. The van der Waals surface area contributed by atoms with Crippen LogP contribution in [0.4, 0.5) is 0 Å². The molecule has 5 nitrogen and oxygen atoms in total. The molecule has 0 bridgehead atoms. The fourth-order valence-corrected chi connectivity index (χ4v) is 3.13. The van der Waals surface area contributed by atoms with Crippen LogP contribution in [0.3, 0.4) is 0 Å². The molecule has 2 unspecified atom stereocenters. The zero-order chi connectivity index (χ0) is 15.9. The number of ether oxygens (including phenoxy) is 2. The van der Waals surface area contributed by atoms with Crippen molar-refractivity contribution in [3.8, 4) is 11.5 Å². The summed E-state index contributed by atoms with van der Waals surface area (Å²) in [6.45, 7) is 0.632. The molecule has 1 aromatic rings. The number of methoxy groups -OCH3 is 2. The summed E-state index contributed by atoms with van der Waals surface area (Å²) in [6.07, 6.45) is 4.77. The number of carbonyl (C=O) groups excluding carboxylic acids is 1. The van der Waals surface area contributed by atoms with Crippen molar-refractivity contribution in [2.75, 3.05) is 20.8 Å². The molecule has 0 heterocycles. The van der Waals surface area contributed by atoms with Crippen LogP contribution in [0.15, 0.2) is 18.2 Å². The lowest BCUT2D eigenvalue weighted by Crippen LogP contribution is -2.45. The molecule has 122 valence electrons. The highest BCUT2D eigenvalue weighted by Crippen LogP contribution is 2.26. The van der Waals surface area contributed by atoms with E-state index < -0.39 is 0 Å². The molecule has 22 heavy (non-hydrogen) atoms. The molecular weight excluding hydrogens is 280 g/mol. The summed E-state index contributed by atoms with van der Waals surface area (Å²) in [5, 5.41) is 3.14. The number of carbonyl (C=O) groups is 1. The number of hydrogen-bond acceptors (Lipinski definition) is 4. The van der Waals surface area contributed by atoms with Crippen LogP contribution in [0.2, 0.25) is 0 Å². The molecule has 0 aliphatic heterocycles. The van der Waals surface area contributed by atoms with E-state index in [9.17, 15) is 4.79 Å². The summed E-state index contributed by atoms with van der Waals surface area (Å²) < 4.78 is 10.5. The van der Waals surface area contributed by atoms with Crippen LogP contribution in [0.1, 0.15) is 31.2 Å². The molecule has 1 fully saturated rings. The van der Waals surface area contributed by atoms with Crippen molar-refractivity contribution in [2.45, 2.75) is 38.1 Å². The highest BCUT2D eigenvalue weighted by molar-refractivity contribution is 5.79. The van der Waals surface area contributed by atoms with Crippen LogP contribution in [-0.2, 0) is 11.2 Å². The molecule has 1 aromatic carbocycles. The Bertz CT molecular complexity index is 505. The van der Waals surface area contributed by atoms with Crippen LogP contribution in [0.25, 0.3) is 0 Å². The summed E-state index contributed by atoms with van der Waals surface area (Å²) in [7, 11) is 3.22. The Labute approximate surface area is 132 Å². The Kier molecular flexibility index (Phi) is 6.07. The van der Waals surface area contributed by atoms with Gasteiger partial charge in [-0.15, -0.1) is 0 Å². The molecule has 5 heteroatoms. The highest BCUT2D eigenvalue weighted by Gasteiger charge is 2.25. The number of hydrogen-bond donors (Lipinski definition) is 2. The van der Waals surface area contributed by atoms with Crippen molar-refractivity contribution in [1.82, 2.24) is 5.32 Å². The lowest BCUT2D eigenvalue weighted by Gasteiger charge is -2.31. The van der Waals surface area contributed by atoms with Gasteiger partial charge in [-0.2, -0.15) is 0 Å². The van der Waals surface area contributed by atoms with E-state index in [4.69, 9.17) is 15.2 Å². The molecule has 1 saturated carbocycles. The summed E-state index contributed by atoms with van der Waals surface area (Å²) in [5.74, 6) is 1.83. The lowest BCUT2D eigenvalue weighted by molar-refractivity contribution is -0.121. The van der Waals surface area contributed by atoms with Gasteiger partial charge in [0.25, 0.3) is 0 Å². The maximum Gasteiger partial charge on any atom is 0.224 e. The van der Waals surface area contributed by atoms with Crippen molar-refractivity contribution >= 4 is 5.91 Å². The predicted octanol–water partition coefficient (Wildman–Crippen LogP) is 1.88. The van der Waals surface area contributed by atoms with E-state index in [1.54, 1.807) is 14.2 Å². The molecule has 0 radical (unpaired) electrons. The topological polar surface area (TPSA) is 73.6 Å². The van der Waals surface area contributed by atoms with E-state index in [2.05, 4.69) is 5.32 Å². The number of amides is 1. The van der Waals surface area contributed by atoms with E-state index in [1.807, 2.05) is 18.2 Å². The monoisotopic (exact) mass is 306 g/mol. The Hall–Kier alpha value is -1.75. The molecule has 0 saturated heterocycles. The van der Waals surface area contributed by atoms with Gasteiger partial charge in [0.05, 0.1) is 20.6 Å². The highest BCUT2D eigenvalue weighted by atomic mass is 16.5. The van der Waals surface area contributed by atoms with E-state index in [-0.39, 0.29) is 18.4 Å². The van der Waals surface area contributed by atoms with Gasteiger partial charge in [0.15, 0.2) is 0 Å². The number of rotatable bonds is 6. The number of nitrogens with two attached hydrogens (primary N) is 1. The quantitative estimate of drug-likeness (QED) is 0.841. The standard InChI is InChI=1S/C17H26N2O3/c1-21-14-7-8-16(22-2)13(9-14)10-17(20)19-15-6-4-3-5-12(15)11-18/h7-9,12,15H,3-6,10-11,18H2,1-2H3,(H,19,20). The first kappa shape index (κ1) is 16.6. The second-order valence-electron chi connectivity index (χ2n) is 5.81. The van der Waals surface area contributed by atoms with E-state index in [0.717, 1.165) is 30.6 Å². The Morgan fingerprint density at radius 3 is 2.73 bits per heavy atom. The maximum absolute atomic E-state index is 12.4. The smallest absolute Gasteiger partial charge is 0.224 e. The largest absolute Gasteiger partial charge is 0.497 e. The van der Waals surface area contributed by atoms with Crippen LogP contribution >= 0.6 is 0 Å². The summed E-state index contributed by atoms with van der Waals surface area (Å²) >= 11 is 0. The third kappa shape index (κ3) is 4.13. The van der Waals surface area contributed by atoms with Crippen LogP contribution < -0.4 is 20.5 Å². The molecule has 2 rings (SSSR count). The normalized spacial score (nSPS) is 21.2. The maximum atomic E-state index is 12.4. The van der Waals surface area contributed by atoms with Crippen LogP contribution in [0.5, 0.6) is 11.5 Å². The van der Waals surface area contributed by atoms with Gasteiger partial charge >= 0.3 is 0 Å². The Morgan fingerprint density at radius 1 is 1.27 bits per heavy atom. The number of benzene rings is 1. The summed E-state index contributed by atoms with van der Waals surface area (Å²) in [6, 6.07) is 5.69.